The van der Waals surface area contributed by atoms with E-state index in [0.29, 0.717) is 47.0 Å². The molecule has 1 saturated heterocycles. The lowest BCUT2D eigenvalue weighted by molar-refractivity contribution is -0.144. The predicted octanol–water partition coefficient (Wildman–Crippen LogP) is 3.68. The minimum absolute atomic E-state index is 0.0478. The molecular weight excluding hydrogens is 560 g/mol. The van der Waals surface area contributed by atoms with E-state index in [-0.39, 0.29) is 5.56 Å². The molecule has 11 nitrogen and oxygen atoms in total. The van der Waals surface area contributed by atoms with Crippen molar-refractivity contribution >= 4 is 17.8 Å². The van der Waals surface area contributed by atoms with Gasteiger partial charge in [-0.05, 0) is 42.8 Å². The number of urea groups is 1. The summed E-state index contributed by atoms with van der Waals surface area (Å²) in [6.45, 7) is 4.48. The number of hydrogen-bond donors (Lipinski definition) is 3. The predicted molar refractivity (Wildman–Crippen MR) is 156 cm³/mol. The number of pyridine rings is 1. The summed E-state index contributed by atoms with van der Waals surface area (Å²) in [5.41, 5.74) is 2.05. The zero-order valence-corrected chi connectivity index (χ0v) is 24.0. The van der Waals surface area contributed by atoms with E-state index in [1.807, 2.05) is 37.3 Å². The van der Waals surface area contributed by atoms with Crippen LogP contribution in [0.5, 0.6) is 0 Å². The maximum absolute atomic E-state index is 14.0. The van der Waals surface area contributed by atoms with Crippen LogP contribution in [-0.4, -0.2) is 57.5 Å². The van der Waals surface area contributed by atoms with Crippen LogP contribution in [0.4, 0.5) is 19.4 Å². The lowest BCUT2D eigenvalue weighted by Crippen LogP contribution is -2.42. The number of para-hydroxylation sites is 1. The molecule has 43 heavy (non-hydrogen) atoms. The summed E-state index contributed by atoms with van der Waals surface area (Å²) >= 11 is 0. The number of aromatic nitrogens is 3. The minimum Gasteiger partial charge on any atom is -0.355 e. The van der Waals surface area contributed by atoms with Crippen molar-refractivity contribution in [1.29, 1.82) is 0 Å². The molecule has 3 amide bonds. The molecule has 3 heterocycles. The number of halogens is 2. The average molecular weight is 592 g/mol. The first-order valence-electron chi connectivity index (χ1n) is 13.6. The van der Waals surface area contributed by atoms with E-state index in [2.05, 4.69) is 16.0 Å². The Balaban J connectivity index is 1.50. The van der Waals surface area contributed by atoms with Crippen molar-refractivity contribution in [2.75, 3.05) is 25.5 Å². The van der Waals surface area contributed by atoms with E-state index >= 15 is 0 Å². The van der Waals surface area contributed by atoms with Crippen molar-refractivity contribution in [3.8, 4) is 16.9 Å². The van der Waals surface area contributed by atoms with Crippen LogP contribution < -0.4 is 21.5 Å². The number of likely N-dealkylation sites (N-methyl/N-ethyl adjacent to an activating group) is 1. The summed E-state index contributed by atoms with van der Waals surface area (Å²) in [6.07, 6.45) is 0.829. The maximum Gasteiger partial charge on any atom is 0.320 e. The molecule has 0 unspecified atom stereocenters. The summed E-state index contributed by atoms with van der Waals surface area (Å²) in [7, 11) is 2.98. The van der Waals surface area contributed by atoms with Crippen LogP contribution >= 0.6 is 0 Å². The molecule has 5 rings (SSSR count). The number of hydrogen-bond acceptors (Lipinski definition) is 6. The van der Waals surface area contributed by atoms with Crippen LogP contribution in [0.25, 0.3) is 16.9 Å². The van der Waals surface area contributed by atoms with Gasteiger partial charge in [-0.1, -0.05) is 31.2 Å². The third kappa shape index (κ3) is 5.90. The quantitative estimate of drug-likeness (QED) is 0.302. The largest absolute Gasteiger partial charge is 0.355 e. The van der Waals surface area contributed by atoms with Gasteiger partial charge in [-0.2, -0.15) is 10.2 Å². The third-order valence-corrected chi connectivity index (χ3v) is 7.25. The topological polar surface area (TPSA) is 123 Å². The number of hydroxylamine groups is 2. The fourth-order valence-electron chi connectivity index (χ4n) is 5.02. The first-order chi connectivity index (χ1) is 20.6. The first-order valence-corrected chi connectivity index (χ1v) is 13.6. The number of nitrogens with one attached hydrogen (secondary N) is 3. The summed E-state index contributed by atoms with van der Waals surface area (Å²) in [4.78, 5) is 44.4. The van der Waals surface area contributed by atoms with Crippen LogP contribution in [0, 0.1) is 18.6 Å². The molecule has 224 valence electrons. The molecule has 2 atom stereocenters. The molecule has 0 saturated carbocycles. The van der Waals surface area contributed by atoms with Crippen LogP contribution in [0.3, 0.4) is 0 Å². The number of carbonyl (C=O) groups excluding carboxylic acids is 2. The Bertz CT molecular complexity index is 1740. The molecule has 4 aromatic rings. The molecule has 3 N–H and O–H groups in total. The number of carbonyl (C=O) groups is 2. The molecule has 2 aromatic heterocycles. The van der Waals surface area contributed by atoms with Gasteiger partial charge in [-0.3, -0.25) is 19.7 Å². The van der Waals surface area contributed by atoms with E-state index in [0.717, 1.165) is 12.1 Å². The molecule has 0 spiro atoms. The van der Waals surface area contributed by atoms with Gasteiger partial charge in [0.1, 0.15) is 17.5 Å². The van der Waals surface area contributed by atoms with Crippen LogP contribution in [0.15, 0.2) is 65.6 Å². The van der Waals surface area contributed by atoms with E-state index in [1.165, 1.54) is 23.7 Å². The smallest absolute Gasteiger partial charge is 0.320 e. The first kappa shape index (κ1) is 29.6. The van der Waals surface area contributed by atoms with E-state index in [1.54, 1.807) is 29.9 Å². The van der Waals surface area contributed by atoms with Crippen molar-refractivity contribution < 1.29 is 23.2 Å². The summed E-state index contributed by atoms with van der Waals surface area (Å²) in [6, 6.07) is 13.0. The molecular formula is C30H31F2N7O4. The van der Waals surface area contributed by atoms with Crippen molar-refractivity contribution in [3.63, 3.8) is 0 Å². The molecule has 2 aromatic carbocycles. The Labute approximate surface area is 246 Å². The standard InChI is InChI=1S/C30H31F2N7O4/c1-5-38-16-24(26(43-38)18-11-12-22(31)23(32)14-18)34-30(42)35-27-17(2)25(36-39(27)20-9-7-6-8-10-20)19-13-21(28(40)33-3)29(41)37(4)15-19/h6-15,24,26H,5,16H2,1-4H3,(H,33,40)(H2,34,35,42)/t24-,26+/m1/s1. The molecule has 0 aliphatic carbocycles. The van der Waals surface area contributed by atoms with Gasteiger partial charge in [0, 0.05) is 44.5 Å². The zero-order valence-electron chi connectivity index (χ0n) is 24.0. The summed E-state index contributed by atoms with van der Waals surface area (Å²) in [5.74, 6) is -2.16. The fraction of sp³-hybridized carbons (Fsp3) is 0.267. The highest BCUT2D eigenvalue weighted by atomic mass is 19.2. The molecule has 1 aliphatic rings. The SMILES string of the molecule is CCN1C[C@@H](NC(=O)Nc2c(C)c(-c3cc(C(=O)NC)c(=O)n(C)c3)nn2-c2ccccc2)[C@H](c2ccc(F)c(F)c2)O1. The Hall–Kier alpha value is -4.88. The van der Waals surface area contributed by atoms with Gasteiger partial charge in [0.2, 0.25) is 0 Å². The number of rotatable bonds is 7. The lowest BCUT2D eigenvalue weighted by atomic mass is 10.0. The maximum atomic E-state index is 14.0. The number of anilines is 1. The van der Waals surface area contributed by atoms with Gasteiger partial charge in [-0.15, -0.1) is 0 Å². The second-order valence-corrected chi connectivity index (χ2v) is 10.1. The van der Waals surface area contributed by atoms with Crippen LogP contribution in [0.2, 0.25) is 0 Å². The zero-order chi connectivity index (χ0) is 30.8. The molecule has 1 fully saturated rings. The Morgan fingerprint density at radius 2 is 1.84 bits per heavy atom. The number of aryl methyl sites for hydroxylation is 1. The lowest BCUT2D eigenvalue weighted by Gasteiger charge is -2.20. The van der Waals surface area contributed by atoms with Gasteiger partial charge >= 0.3 is 6.03 Å². The highest BCUT2D eigenvalue weighted by Crippen LogP contribution is 2.32. The summed E-state index contributed by atoms with van der Waals surface area (Å²) in [5, 5.41) is 14.7. The second-order valence-electron chi connectivity index (χ2n) is 10.1. The number of nitrogens with zero attached hydrogens (tertiary/aromatic N) is 4. The van der Waals surface area contributed by atoms with Crippen LogP contribution in [-0.2, 0) is 11.9 Å². The third-order valence-electron chi connectivity index (χ3n) is 7.25. The normalized spacial score (nSPS) is 16.7. The molecule has 1 aliphatic heterocycles. The fourth-order valence-corrected chi connectivity index (χ4v) is 5.02. The highest BCUT2D eigenvalue weighted by Gasteiger charge is 2.36. The van der Waals surface area contributed by atoms with Gasteiger partial charge < -0.3 is 15.2 Å². The van der Waals surface area contributed by atoms with Crippen LogP contribution in [0.1, 0.15) is 34.5 Å². The Morgan fingerprint density at radius 3 is 2.51 bits per heavy atom. The van der Waals surface area contributed by atoms with E-state index in [9.17, 15) is 23.2 Å². The van der Waals surface area contributed by atoms with E-state index < -0.39 is 41.3 Å². The Kier molecular flexibility index (Phi) is 8.37. The Morgan fingerprint density at radius 1 is 1.09 bits per heavy atom. The van der Waals surface area contributed by atoms with Gasteiger partial charge in [0.25, 0.3) is 11.5 Å². The highest BCUT2D eigenvalue weighted by molar-refractivity contribution is 5.95. The molecule has 0 bridgehead atoms. The second kappa shape index (κ2) is 12.2. The minimum atomic E-state index is -1.01. The van der Waals surface area contributed by atoms with Crippen molar-refractivity contribution in [1.82, 2.24) is 30.0 Å². The van der Waals surface area contributed by atoms with Crippen molar-refractivity contribution in [3.05, 3.63) is 99.5 Å². The number of amides is 3. The van der Waals surface area contributed by atoms with E-state index in [4.69, 9.17) is 9.94 Å². The number of benzene rings is 2. The van der Waals surface area contributed by atoms with Gasteiger partial charge in [0.15, 0.2) is 11.6 Å². The molecule has 13 heteroatoms. The van der Waals surface area contributed by atoms with Crippen molar-refractivity contribution in [2.24, 2.45) is 7.05 Å². The molecule has 0 radical (unpaired) electrons. The summed E-state index contributed by atoms with van der Waals surface area (Å²) < 4.78 is 30.5. The van der Waals surface area contributed by atoms with Crippen molar-refractivity contribution in [2.45, 2.75) is 26.0 Å². The van der Waals surface area contributed by atoms with Gasteiger partial charge in [-0.25, -0.2) is 18.3 Å². The monoisotopic (exact) mass is 591 g/mol. The van der Waals surface area contributed by atoms with Gasteiger partial charge in [0.05, 0.1) is 17.4 Å². The average Bonchev–Trinajstić information content (AvgIpc) is 3.56.